The summed E-state index contributed by atoms with van der Waals surface area (Å²) in [5.41, 5.74) is 4.48. The first-order valence-electron chi connectivity index (χ1n) is 10.2. The average molecular weight is 545 g/mol. The summed E-state index contributed by atoms with van der Waals surface area (Å²) in [5, 5.41) is 0. The predicted molar refractivity (Wildman–Crippen MR) is 138 cm³/mol. The van der Waals surface area contributed by atoms with Crippen LogP contribution in [0.15, 0.2) is 127 Å². The second-order valence-corrected chi connectivity index (χ2v) is 11.7. The van der Waals surface area contributed by atoms with Crippen LogP contribution in [-0.2, 0) is 0 Å². The summed E-state index contributed by atoms with van der Waals surface area (Å²) in [4.78, 5) is 2.22. The van der Waals surface area contributed by atoms with Crippen LogP contribution in [0.1, 0.15) is 0 Å². The third-order valence-corrected chi connectivity index (χ3v) is 10.5. The van der Waals surface area contributed by atoms with E-state index in [0.717, 1.165) is 22.8 Å². The quantitative estimate of drug-likeness (QED) is 0.158. The van der Waals surface area contributed by atoms with Crippen LogP contribution in [0.4, 0.5) is 11.4 Å². The third-order valence-electron chi connectivity index (χ3n) is 5.13. The maximum atomic E-state index is 5.61. The Morgan fingerprint density at radius 3 is 2.25 bits per heavy atom. The number of hydrogen-bond donors (Lipinski definition) is 0. The van der Waals surface area contributed by atoms with Gasteiger partial charge in [0.1, 0.15) is 0 Å². The van der Waals surface area contributed by atoms with E-state index < -0.39 is 0 Å². The van der Waals surface area contributed by atoms with Crippen LogP contribution in [0.2, 0.25) is 0 Å². The monoisotopic (exact) mass is 547 g/mol. The van der Waals surface area contributed by atoms with Gasteiger partial charge in [-0.25, -0.2) is 0 Å². The van der Waals surface area contributed by atoms with Crippen LogP contribution in [-0.4, -0.2) is 29.0 Å². The van der Waals surface area contributed by atoms with E-state index in [4.69, 9.17) is 4.42 Å². The summed E-state index contributed by atoms with van der Waals surface area (Å²) in [6, 6.07) is 28.0. The molecule has 32 heavy (non-hydrogen) atoms. The summed E-state index contributed by atoms with van der Waals surface area (Å²) in [5.74, 6) is 1.01. The van der Waals surface area contributed by atoms with Gasteiger partial charge in [-0.3, -0.25) is 0 Å². The van der Waals surface area contributed by atoms with Gasteiger partial charge in [-0.05, 0) is 0 Å². The fourth-order valence-electron chi connectivity index (χ4n) is 3.70. The molecule has 0 spiro atoms. The number of furan rings is 1. The van der Waals surface area contributed by atoms with Crippen LogP contribution in [0.25, 0.3) is 28.7 Å². The number of para-hydroxylation sites is 1. The number of benzene rings is 2. The second-order valence-electron chi connectivity index (χ2n) is 7.18. The van der Waals surface area contributed by atoms with Gasteiger partial charge in [-0.15, -0.1) is 0 Å². The number of allylic oxidation sites excluding steroid dienone is 3. The molecule has 0 amide bonds. The Labute approximate surface area is 199 Å². The molecular weight excluding hydrogens is 524 g/mol. The molecular formula is C28H21NOSe2. The number of rotatable bonds is 7. The molecule has 0 N–H and O–H groups in total. The summed E-state index contributed by atoms with van der Waals surface area (Å²) in [6.07, 6.45) is 7.42. The van der Waals surface area contributed by atoms with E-state index in [1.165, 1.54) is 23.0 Å². The molecule has 5 rings (SSSR count). The summed E-state index contributed by atoms with van der Waals surface area (Å²) < 4.78 is 11.4. The molecule has 0 fully saturated rings. The van der Waals surface area contributed by atoms with Gasteiger partial charge >= 0.3 is 201 Å². The molecule has 5 aromatic rings. The SMILES string of the molecule is C=C/C=C(\C=C)N(c1ccccc1)c1cccc(-c2cc3[se]c(-c4ccco4)cc3[se]2)c1. The Bertz CT molecular complexity index is 1370. The predicted octanol–water partition coefficient (Wildman–Crippen LogP) is 7.27. The molecule has 0 aliphatic carbocycles. The fourth-order valence-corrected chi connectivity index (χ4v) is 9.48. The van der Waals surface area contributed by atoms with E-state index in [2.05, 4.69) is 84.8 Å². The maximum absolute atomic E-state index is 5.61. The van der Waals surface area contributed by atoms with Crippen molar-refractivity contribution in [3.63, 3.8) is 0 Å². The molecule has 0 saturated carbocycles. The first-order valence-corrected chi connectivity index (χ1v) is 13.7. The fraction of sp³-hybridized carbons (Fsp3) is 0. The zero-order valence-electron chi connectivity index (χ0n) is 17.4. The third kappa shape index (κ3) is 4.07. The molecule has 4 heteroatoms. The molecule has 0 unspecified atom stereocenters. The Balaban J connectivity index is 1.55. The number of anilines is 2. The van der Waals surface area contributed by atoms with Crippen molar-refractivity contribution in [3.05, 3.63) is 122 Å². The van der Waals surface area contributed by atoms with Crippen molar-refractivity contribution in [2.45, 2.75) is 0 Å². The van der Waals surface area contributed by atoms with Crippen molar-refractivity contribution >= 4 is 48.9 Å². The Morgan fingerprint density at radius 2 is 1.53 bits per heavy atom. The molecule has 0 radical (unpaired) electrons. The molecule has 0 atom stereocenters. The van der Waals surface area contributed by atoms with Gasteiger partial charge in [0.15, 0.2) is 0 Å². The van der Waals surface area contributed by atoms with Crippen LogP contribution in [0, 0.1) is 0 Å². The molecule has 0 saturated heterocycles. The van der Waals surface area contributed by atoms with Gasteiger partial charge in [0.25, 0.3) is 0 Å². The number of hydrogen-bond acceptors (Lipinski definition) is 2. The van der Waals surface area contributed by atoms with Crippen molar-refractivity contribution in [1.29, 1.82) is 0 Å². The van der Waals surface area contributed by atoms with Crippen LogP contribution in [0.5, 0.6) is 0 Å². The van der Waals surface area contributed by atoms with Crippen LogP contribution in [0.3, 0.4) is 0 Å². The Kier molecular flexibility index (Phi) is 6.03. The van der Waals surface area contributed by atoms with E-state index in [1.807, 2.05) is 24.3 Å². The first kappa shape index (κ1) is 20.9. The van der Waals surface area contributed by atoms with Gasteiger partial charge in [-0.1, -0.05) is 0 Å². The van der Waals surface area contributed by atoms with Crippen molar-refractivity contribution in [2.24, 2.45) is 0 Å². The second kappa shape index (κ2) is 9.24. The van der Waals surface area contributed by atoms with Gasteiger partial charge in [-0.2, -0.15) is 0 Å². The normalized spacial score (nSPS) is 11.6. The summed E-state index contributed by atoms with van der Waals surface area (Å²) in [7, 11) is 0. The molecule has 0 aliphatic heterocycles. The Morgan fingerprint density at radius 1 is 0.781 bits per heavy atom. The van der Waals surface area contributed by atoms with Crippen molar-refractivity contribution < 1.29 is 4.42 Å². The Hall–Kier alpha value is -3.00. The zero-order chi connectivity index (χ0) is 21.9. The van der Waals surface area contributed by atoms with E-state index in [0.29, 0.717) is 29.0 Å². The van der Waals surface area contributed by atoms with Gasteiger partial charge in [0.2, 0.25) is 0 Å². The van der Waals surface area contributed by atoms with E-state index >= 15 is 0 Å². The van der Waals surface area contributed by atoms with Crippen molar-refractivity contribution in [1.82, 2.24) is 0 Å². The van der Waals surface area contributed by atoms with Crippen molar-refractivity contribution in [3.8, 4) is 20.2 Å². The van der Waals surface area contributed by atoms with E-state index in [-0.39, 0.29) is 0 Å². The van der Waals surface area contributed by atoms with Crippen LogP contribution < -0.4 is 4.90 Å². The summed E-state index contributed by atoms with van der Waals surface area (Å²) in [6.45, 7) is 7.92. The van der Waals surface area contributed by atoms with Gasteiger partial charge in [0.05, 0.1) is 0 Å². The first-order chi connectivity index (χ1) is 15.8. The average Bonchev–Trinajstić information content (AvgIpc) is 3.56. The topological polar surface area (TPSA) is 16.4 Å². The molecule has 156 valence electrons. The van der Waals surface area contributed by atoms with Gasteiger partial charge in [0, 0.05) is 0 Å². The number of fused-ring (bicyclic) bond motifs is 1. The molecule has 0 aliphatic rings. The standard InChI is InChI=1S/C28H21NOSe2/c1-3-10-21(4-2)29(22-12-6-5-7-13-22)23-14-8-11-20(17-23)25-18-27-28(31-25)19-26(32-27)24-15-9-16-30-24/h3-19H,1-2H2/b21-10+. The van der Waals surface area contributed by atoms with Crippen LogP contribution >= 0.6 is 0 Å². The molecule has 3 heterocycles. The minimum atomic E-state index is 0.305. The summed E-state index contributed by atoms with van der Waals surface area (Å²) >= 11 is 0.618. The molecule has 3 aromatic heterocycles. The number of nitrogens with zero attached hydrogens (tertiary/aromatic N) is 1. The molecule has 2 nitrogen and oxygen atoms in total. The molecule has 2 aromatic carbocycles. The zero-order valence-corrected chi connectivity index (χ0v) is 20.8. The molecule has 0 bridgehead atoms. The minimum absolute atomic E-state index is 0.305. The van der Waals surface area contributed by atoms with Crippen molar-refractivity contribution in [2.75, 3.05) is 4.90 Å². The van der Waals surface area contributed by atoms with E-state index in [1.54, 1.807) is 12.3 Å². The van der Waals surface area contributed by atoms with Gasteiger partial charge < -0.3 is 0 Å². The van der Waals surface area contributed by atoms with E-state index in [9.17, 15) is 0 Å².